The highest BCUT2D eigenvalue weighted by Gasteiger charge is 2.09. The SMILES string of the molecule is Fc1ccc(-c2[nH]ncc2/C=N\N2CCOCC2)cc1. The zero-order valence-corrected chi connectivity index (χ0v) is 10.9. The lowest BCUT2D eigenvalue weighted by atomic mass is 10.1. The smallest absolute Gasteiger partial charge is 0.123 e. The number of ether oxygens (including phenoxy) is 1. The van der Waals surface area contributed by atoms with Crippen LogP contribution in [0.4, 0.5) is 4.39 Å². The van der Waals surface area contributed by atoms with E-state index in [1.807, 2.05) is 5.01 Å². The molecular formula is C14H15FN4O. The minimum atomic E-state index is -0.253. The van der Waals surface area contributed by atoms with Gasteiger partial charge < -0.3 is 4.74 Å². The average molecular weight is 274 g/mol. The summed E-state index contributed by atoms with van der Waals surface area (Å²) in [4.78, 5) is 0. The summed E-state index contributed by atoms with van der Waals surface area (Å²) in [5, 5.41) is 13.3. The topological polar surface area (TPSA) is 53.5 Å². The zero-order valence-electron chi connectivity index (χ0n) is 10.9. The van der Waals surface area contributed by atoms with Crippen molar-refractivity contribution in [3.63, 3.8) is 0 Å². The van der Waals surface area contributed by atoms with E-state index in [-0.39, 0.29) is 5.82 Å². The van der Waals surface area contributed by atoms with Gasteiger partial charge in [-0.1, -0.05) is 0 Å². The number of H-pyrrole nitrogens is 1. The first kappa shape index (κ1) is 12.8. The fourth-order valence-corrected chi connectivity index (χ4v) is 2.05. The normalized spacial score (nSPS) is 15.9. The van der Waals surface area contributed by atoms with Crippen LogP contribution in [0, 0.1) is 5.82 Å². The molecule has 2 heterocycles. The number of aromatic nitrogens is 2. The molecule has 1 fully saturated rings. The van der Waals surface area contributed by atoms with Crippen LogP contribution in [0.1, 0.15) is 5.56 Å². The first-order chi connectivity index (χ1) is 9.83. The molecule has 1 aromatic heterocycles. The summed E-state index contributed by atoms with van der Waals surface area (Å²) in [7, 11) is 0. The summed E-state index contributed by atoms with van der Waals surface area (Å²) < 4.78 is 18.2. The van der Waals surface area contributed by atoms with E-state index >= 15 is 0 Å². The molecule has 2 aromatic rings. The van der Waals surface area contributed by atoms with Crippen LogP contribution in [-0.2, 0) is 4.74 Å². The third-order valence-corrected chi connectivity index (χ3v) is 3.15. The summed E-state index contributed by atoms with van der Waals surface area (Å²) in [5.41, 5.74) is 2.59. The number of hydrazone groups is 1. The average Bonchev–Trinajstić information content (AvgIpc) is 2.95. The minimum absolute atomic E-state index is 0.253. The van der Waals surface area contributed by atoms with Crippen molar-refractivity contribution in [1.82, 2.24) is 15.2 Å². The molecule has 5 nitrogen and oxygen atoms in total. The predicted molar refractivity (Wildman–Crippen MR) is 74.0 cm³/mol. The van der Waals surface area contributed by atoms with E-state index in [0.29, 0.717) is 13.2 Å². The van der Waals surface area contributed by atoms with Gasteiger partial charge in [0, 0.05) is 11.1 Å². The summed E-state index contributed by atoms with van der Waals surface area (Å²) in [5.74, 6) is -0.253. The van der Waals surface area contributed by atoms with Crippen LogP contribution < -0.4 is 0 Å². The Morgan fingerprint density at radius 1 is 1.25 bits per heavy atom. The van der Waals surface area contributed by atoms with Crippen molar-refractivity contribution in [1.29, 1.82) is 0 Å². The van der Waals surface area contributed by atoms with Gasteiger partial charge in [-0.15, -0.1) is 0 Å². The van der Waals surface area contributed by atoms with Gasteiger partial charge in [-0.25, -0.2) is 4.39 Å². The molecule has 1 aromatic carbocycles. The number of aromatic amines is 1. The van der Waals surface area contributed by atoms with Gasteiger partial charge in [0.1, 0.15) is 5.82 Å². The second-order valence-corrected chi connectivity index (χ2v) is 4.52. The molecule has 1 saturated heterocycles. The third-order valence-electron chi connectivity index (χ3n) is 3.15. The fraction of sp³-hybridized carbons (Fsp3) is 0.286. The van der Waals surface area contributed by atoms with Gasteiger partial charge in [-0.2, -0.15) is 10.2 Å². The lowest BCUT2D eigenvalue weighted by Crippen LogP contribution is -2.32. The number of rotatable bonds is 3. The molecule has 0 atom stereocenters. The Hall–Kier alpha value is -2.21. The highest BCUT2D eigenvalue weighted by Crippen LogP contribution is 2.20. The van der Waals surface area contributed by atoms with Gasteiger partial charge in [0.15, 0.2) is 0 Å². The molecule has 0 saturated carbocycles. The molecular weight excluding hydrogens is 259 g/mol. The highest BCUT2D eigenvalue weighted by molar-refractivity contribution is 5.88. The third kappa shape index (κ3) is 2.85. The Morgan fingerprint density at radius 3 is 2.75 bits per heavy atom. The van der Waals surface area contributed by atoms with E-state index < -0.39 is 0 Å². The molecule has 0 aliphatic carbocycles. The summed E-state index contributed by atoms with van der Waals surface area (Å²) >= 11 is 0. The first-order valence-corrected chi connectivity index (χ1v) is 6.49. The number of morpholine rings is 1. The first-order valence-electron chi connectivity index (χ1n) is 6.49. The fourth-order valence-electron chi connectivity index (χ4n) is 2.05. The van der Waals surface area contributed by atoms with Crippen molar-refractivity contribution in [3.8, 4) is 11.3 Å². The maximum atomic E-state index is 12.9. The Morgan fingerprint density at radius 2 is 2.00 bits per heavy atom. The van der Waals surface area contributed by atoms with Crippen molar-refractivity contribution in [2.75, 3.05) is 26.3 Å². The van der Waals surface area contributed by atoms with Gasteiger partial charge in [0.25, 0.3) is 0 Å². The maximum absolute atomic E-state index is 12.9. The number of benzene rings is 1. The Balaban J connectivity index is 1.79. The maximum Gasteiger partial charge on any atom is 0.123 e. The minimum Gasteiger partial charge on any atom is -0.378 e. The molecule has 1 aliphatic heterocycles. The van der Waals surface area contributed by atoms with Crippen molar-refractivity contribution >= 4 is 6.21 Å². The number of nitrogens with zero attached hydrogens (tertiary/aromatic N) is 3. The van der Waals surface area contributed by atoms with Crippen molar-refractivity contribution < 1.29 is 9.13 Å². The predicted octanol–water partition coefficient (Wildman–Crippen LogP) is 1.88. The molecule has 0 radical (unpaired) electrons. The van der Waals surface area contributed by atoms with Crippen molar-refractivity contribution in [2.24, 2.45) is 5.10 Å². The van der Waals surface area contributed by atoms with Gasteiger partial charge in [-0.3, -0.25) is 10.1 Å². The molecule has 0 bridgehead atoms. The van der Waals surface area contributed by atoms with Gasteiger partial charge in [0.2, 0.25) is 0 Å². The Kier molecular flexibility index (Phi) is 3.73. The van der Waals surface area contributed by atoms with E-state index in [1.165, 1.54) is 12.1 Å². The molecule has 0 amide bonds. The van der Waals surface area contributed by atoms with Gasteiger partial charge >= 0.3 is 0 Å². The van der Waals surface area contributed by atoms with Gasteiger partial charge in [-0.05, 0) is 24.3 Å². The van der Waals surface area contributed by atoms with Crippen LogP contribution >= 0.6 is 0 Å². The molecule has 0 spiro atoms. The molecule has 104 valence electrons. The molecule has 6 heteroatoms. The van der Waals surface area contributed by atoms with Crippen LogP contribution in [-0.4, -0.2) is 47.7 Å². The second-order valence-electron chi connectivity index (χ2n) is 4.52. The van der Waals surface area contributed by atoms with Crippen LogP contribution in [0.2, 0.25) is 0 Å². The highest BCUT2D eigenvalue weighted by atomic mass is 19.1. The number of halogens is 1. The van der Waals surface area contributed by atoms with Crippen molar-refractivity contribution in [2.45, 2.75) is 0 Å². The van der Waals surface area contributed by atoms with Crippen LogP contribution in [0.25, 0.3) is 11.3 Å². The quantitative estimate of drug-likeness (QED) is 0.869. The van der Waals surface area contributed by atoms with E-state index in [0.717, 1.165) is 29.9 Å². The lowest BCUT2D eigenvalue weighted by Gasteiger charge is -2.23. The molecule has 1 N–H and O–H groups in total. The Labute approximate surface area is 116 Å². The standard InChI is InChI=1S/C14H15FN4O/c15-13-3-1-11(2-4-13)14-12(9-16-18-14)10-17-19-5-7-20-8-6-19/h1-4,9-10H,5-8H2,(H,16,18)/b17-10-. The number of hydrogen-bond acceptors (Lipinski definition) is 4. The summed E-state index contributed by atoms with van der Waals surface area (Å²) in [6, 6.07) is 6.29. The van der Waals surface area contributed by atoms with Crippen molar-refractivity contribution in [3.05, 3.63) is 41.8 Å². The Bertz CT molecular complexity index is 587. The second kappa shape index (κ2) is 5.83. The monoisotopic (exact) mass is 274 g/mol. The number of hydrogen-bond donors (Lipinski definition) is 1. The van der Waals surface area contributed by atoms with E-state index in [9.17, 15) is 4.39 Å². The van der Waals surface area contributed by atoms with Crippen LogP contribution in [0.15, 0.2) is 35.6 Å². The molecule has 1 aliphatic rings. The van der Waals surface area contributed by atoms with Gasteiger partial charge in [0.05, 0.1) is 44.4 Å². The van der Waals surface area contributed by atoms with Crippen LogP contribution in [0.3, 0.4) is 0 Å². The molecule has 20 heavy (non-hydrogen) atoms. The lowest BCUT2D eigenvalue weighted by molar-refractivity contribution is 0.0397. The molecule has 0 unspecified atom stereocenters. The zero-order chi connectivity index (χ0) is 13.8. The van der Waals surface area contributed by atoms with E-state index in [2.05, 4.69) is 15.3 Å². The van der Waals surface area contributed by atoms with Crippen LogP contribution in [0.5, 0.6) is 0 Å². The molecule has 3 rings (SSSR count). The van der Waals surface area contributed by atoms with E-state index in [1.54, 1.807) is 24.5 Å². The largest absolute Gasteiger partial charge is 0.378 e. The number of nitrogens with one attached hydrogen (secondary N) is 1. The summed E-state index contributed by atoms with van der Waals surface area (Å²) in [6.07, 6.45) is 3.48. The summed E-state index contributed by atoms with van der Waals surface area (Å²) in [6.45, 7) is 2.99. The van der Waals surface area contributed by atoms with E-state index in [4.69, 9.17) is 4.74 Å².